The van der Waals surface area contributed by atoms with E-state index in [1.54, 1.807) is 50.3 Å². The molecule has 2 bridgehead atoms. The number of amides is 3. The summed E-state index contributed by atoms with van der Waals surface area (Å²) in [6.45, 7) is 10.6. The Hall–Kier alpha value is -3.99. The van der Waals surface area contributed by atoms with Crippen LogP contribution >= 0.6 is 11.6 Å². The molecule has 3 fully saturated rings. The van der Waals surface area contributed by atoms with Gasteiger partial charge >= 0.3 is 5.97 Å². The van der Waals surface area contributed by atoms with Gasteiger partial charge in [0.2, 0.25) is 11.8 Å². The molecule has 2 aromatic carbocycles. The normalized spacial score (nSPS) is 26.2. The first-order valence-corrected chi connectivity index (χ1v) is 16.4. The van der Waals surface area contributed by atoms with Gasteiger partial charge in [-0.25, -0.2) is 0 Å². The number of likely N-dealkylation sites (tertiary alicyclic amines) is 1. The molecule has 47 heavy (non-hydrogen) atoms. The van der Waals surface area contributed by atoms with Crippen molar-refractivity contribution in [2.24, 2.45) is 11.8 Å². The summed E-state index contributed by atoms with van der Waals surface area (Å²) in [5.41, 5.74) is -0.196. The van der Waals surface area contributed by atoms with E-state index in [0.29, 0.717) is 35.5 Å². The fourth-order valence-corrected chi connectivity index (χ4v) is 7.63. The molecule has 0 radical (unpaired) electrons. The Balaban J connectivity index is 1.49. The second-order valence-electron chi connectivity index (χ2n) is 12.5. The number of rotatable bonds is 14. The number of aliphatic hydroxyl groups is 1. The zero-order valence-electron chi connectivity index (χ0n) is 26.7. The molecule has 1 spiro atoms. The molecule has 11 heteroatoms. The standard InChI is InChI=1S/C36H42ClN3O7/c1-5-7-17-28(42)38-23(4)31(24-13-9-8-10-14-24)46-35(45)29-27-18-19-36(47-27)30(29)33(43)40(22(3)21-41)32(36)34(44)39(20-6-2)26-16-12-11-15-25(26)37/h5-6,8-16,22-23,27,29-32,41H,1-2,7,17-21H2,3-4H3,(H,38,42)/t22-,23+,27-,29+,30+,31+,32-,36+/m1/s1. The molecular formula is C36H42ClN3O7. The number of nitrogens with one attached hydrogen (secondary N) is 1. The highest BCUT2D eigenvalue weighted by Crippen LogP contribution is 2.59. The molecule has 3 heterocycles. The number of benzene rings is 2. The van der Waals surface area contributed by atoms with E-state index in [2.05, 4.69) is 18.5 Å². The summed E-state index contributed by atoms with van der Waals surface area (Å²) >= 11 is 6.52. The van der Waals surface area contributed by atoms with Crippen molar-refractivity contribution in [1.29, 1.82) is 0 Å². The maximum absolute atomic E-state index is 14.6. The second kappa shape index (κ2) is 14.4. The van der Waals surface area contributed by atoms with Crippen LogP contribution in [0.25, 0.3) is 0 Å². The minimum Gasteiger partial charge on any atom is -0.455 e. The largest absolute Gasteiger partial charge is 0.455 e. The number of halogens is 1. The Morgan fingerprint density at radius 3 is 2.51 bits per heavy atom. The van der Waals surface area contributed by atoms with Gasteiger partial charge in [0.25, 0.3) is 5.91 Å². The molecule has 2 N–H and O–H groups in total. The second-order valence-corrected chi connectivity index (χ2v) is 12.9. The lowest BCUT2D eigenvalue weighted by molar-refractivity contribution is -0.162. The summed E-state index contributed by atoms with van der Waals surface area (Å²) in [6.07, 6.45) is 3.28. The smallest absolute Gasteiger partial charge is 0.313 e. The Kier molecular flexibility index (Phi) is 10.5. The molecule has 5 rings (SSSR count). The summed E-state index contributed by atoms with van der Waals surface area (Å²) in [4.78, 5) is 58.6. The van der Waals surface area contributed by atoms with Gasteiger partial charge in [-0.2, -0.15) is 0 Å². The molecule has 0 aromatic heterocycles. The number of carbonyl (C=O) groups excluding carboxylic acids is 4. The Labute approximate surface area is 280 Å². The fraction of sp³-hybridized carbons (Fsp3) is 0.444. The maximum Gasteiger partial charge on any atom is 0.313 e. The highest BCUT2D eigenvalue weighted by atomic mass is 35.5. The lowest BCUT2D eigenvalue weighted by Gasteiger charge is -2.38. The van der Waals surface area contributed by atoms with Crippen LogP contribution in [0.1, 0.15) is 51.2 Å². The molecule has 3 saturated heterocycles. The molecular weight excluding hydrogens is 622 g/mol. The van der Waals surface area contributed by atoms with Crippen LogP contribution in [0.15, 0.2) is 79.9 Å². The van der Waals surface area contributed by atoms with Crippen LogP contribution in [0.4, 0.5) is 5.69 Å². The van der Waals surface area contributed by atoms with Crippen molar-refractivity contribution in [2.75, 3.05) is 18.1 Å². The highest BCUT2D eigenvalue weighted by Gasteiger charge is 2.75. The van der Waals surface area contributed by atoms with Crippen LogP contribution in [0.5, 0.6) is 0 Å². The molecule has 0 aliphatic carbocycles. The number of hydrogen-bond donors (Lipinski definition) is 2. The molecule has 0 unspecified atom stereocenters. The van der Waals surface area contributed by atoms with E-state index in [-0.39, 0.29) is 18.9 Å². The average Bonchev–Trinajstić information content (AvgIpc) is 3.72. The molecule has 8 atom stereocenters. The maximum atomic E-state index is 14.6. The predicted molar refractivity (Wildman–Crippen MR) is 177 cm³/mol. The summed E-state index contributed by atoms with van der Waals surface area (Å²) < 4.78 is 12.7. The summed E-state index contributed by atoms with van der Waals surface area (Å²) in [7, 11) is 0. The summed E-state index contributed by atoms with van der Waals surface area (Å²) in [6, 6.07) is 13.5. The van der Waals surface area contributed by atoms with Crippen LogP contribution in [0.3, 0.4) is 0 Å². The first-order chi connectivity index (χ1) is 22.6. The third-order valence-corrected chi connectivity index (χ3v) is 9.81. The van der Waals surface area contributed by atoms with E-state index in [1.807, 2.05) is 30.3 Å². The monoisotopic (exact) mass is 663 g/mol. The number of carbonyl (C=O) groups is 4. The van der Waals surface area contributed by atoms with Crippen LogP contribution in [-0.2, 0) is 28.7 Å². The van der Waals surface area contributed by atoms with Gasteiger partial charge in [-0.05, 0) is 50.8 Å². The molecule has 3 aliphatic rings. The minimum absolute atomic E-state index is 0.111. The van der Waals surface area contributed by atoms with Crippen molar-refractivity contribution in [3.63, 3.8) is 0 Å². The number of aliphatic hydroxyl groups excluding tert-OH is 1. The van der Waals surface area contributed by atoms with E-state index < -0.39 is 72.2 Å². The van der Waals surface area contributed by atoms with Crippen LogP contribution in [0, 0.1) is 11.8 Å². The molecule has 0 saturated carbocycles. The van der Waals surface area contributed by atoms with Gasteiger partial charge < -0.3 is 29.7 Å². The van der Waals surface area contributed by atoms with Crippen molar-refractivity contribution in [1.82, 2.24) is 10.2 Å². The van der Waals surface area contributed by atoms with Crippen molar-refractivity contribution in [3.8, 4) is 0 Å². The topological polar surface area (TPSA) is 125 Å². The van der Waals surface area contributed by atoms with Gasteiger partial charge in [0.1, 0.15) is 17.7 Å². The average molecular weight is 664 g/mol. The van der Waals surface area contributed by atoms with Gasteiger partial charge in [0, 0.05) is 13.0 Å². The van der Waals surface area contributed by atoms with Crippen molar-refractivity contribution >= 4 is 41.0 Å². The SMILES string of the molecule is C=CCCC(=O)N[C@@H](C)[C@H](OC(=O)[C@@H]1[C@H]2C(=O)N([C@H](C)CO)[C@H](C(=O)N(CC=C)c3ccccc3Cl)[C@]23CC[C@H]1O3)c1ccccc1. The van der Waals surface area contributed by atoms with E-state index in [4.69, 9.17) is 21.1 Å². The van der Waals surface area contributed by atoms with E-state index in [0.717, 1.165) is 0 Å². The van der Waals surface area contributed by atoms with Crippen LogP contribution < -0.4 is 10.2 Å². The minimum atomic E-state index is -1.32. The molecule has 10 nitrogen and oxygen atoms in total. The quantitative estimate of drug-likeness (QED) is 0.227. The number of fused-ring (bicyclic) bond motifs is 1. The summed E-state index contributed by atoms with van der Waals surface area (Å²) in [5, 5.41) is 13.5. The van der Waals surface area contributed by atoms with E-state index in [1.165, 1.54) is 9.80 Å². The lowest BCUT2D eigenvalue weighted by Crippen LogP contribution is -2.58. The number of para-hydroxylation sites is 1. The van der Waals surface area contributed by atoms with E-state index in [9.17, 15) is 24.3 Å². The third kappa shape index (κ3) is 6.34. The van der Waals surface area contributed by atoms with Crippen LogP contribution in [0.2, 0.25) is 5.02 Å². The van der Waals surface area contributed by atoms with Gasteiger partial charge in [-0.15, -0.1) is 13.2 Å². The number of allylic oxidation sites excluding steroid dienone is 1. The van der Waals surface area contributed by atoms with E-state index >= 15 is 0 Å². The van der Waals surface area contributed by atoms with Crippen molar-refractivity contribution in [2.45, 2.75) is 75.5 Å². The third-order valence-electron chi connectivity index (χ3n) is 9.49. The Morgan fingerprint density at radius 2 is 1.85 bits per heavy atom. The van der Waals surface area contributed by atoms with Crippen LogP contribution in [-0.4, -0.2) is 76.7 Å². The first-order valence-electron chi connectivity index (χ1n) is 16.0. The lowest BCUT2D eigenvalue weighted by atomic mass is 9.70. The summed E-state index contributed by atoms with van der Waals surface area (Å²) in [5.74, 6) is -3.75. The fourth-order valence-electron chi connectivity index (χ4n) is 7.39. The first kappa shape index (κ1) is 34.3. The Morgan fingerprint density at radius 1 is 1.15 bits per heavy atom. The molecule has 3 amide bonds. The molecule has 2 aromatic rings. The number of hydrogen-bond acceptors (Lipinski definition) is 7. The van der Waals surface area contributed by atoms with Gasteiger partial charge in [0.05, 0.1) is 47.3 Å². The predicted octanol–water partition coefficient (Wildman–Crippen LogP) is 4.37. The highest BCUT2D eigenvalue weighted by molar-refractivity contribution is 6.34. The van der Waals surface area contributed by atoms with Gasteiger partial charge in [-0.1, -0.05) is 66.2 Å². The number of esters is 1. The zero-order chi connectivity index (χ0) is 33.9. The molecule has 3 aliphatic heterocycles. The number of nitrogens with zero attached hydrogens (tertiary/aromatic N) is 2. The van der Waals surface area contributed by atoms with Gasteiger partial charge in [-0.3, -0.25) is 19.2 Å². The van der Waals surface area contributed by atoms with Crippen molar-refractivity contribution < 1.29 is 33.8 Å². The van der Waals surface area contributed by atoms with Crippen molar-refractivity contribution in [3.05, 3.63) is 90.5 Å². The van der Waals surface area contributed by atoms with Gasteiger partial charge in [0.15, 0.2) is 0 Å². The number of anilines is 1. The Bertz CT molecular complexity index is 1520. The zero-order valence-corrected chi connectivity index (χ0v) is 27.5. The number of ether oxygens (including phenoxy) is 2. The molecule has 250 valence electrons.